The fraction of sp³-hybridized carbons (Fsp3) is 0.657. The molecule has 2 aromatic rings. The molecule has 2 aromatic carbocycles. The molecule has 50 heavy (non-hydrogen) atoms. The van der Waals surface area contributed by atoms with Crippen molar-refractivity contribution in [2.24, 2.45) is 5.11 Å². The van der Waals surface area contributed by atoms with Gasteiger partial charge in [0.25, 0.3) is 8.32 Å². The molecule has 0 aliphatic carbocycles. The Labute approximate surface area is 298 Å². The van der Waals surface area contributed by atoms with Crippen molar-refractivity contribution in [3.8, 4) is 0 Å². The van der Waals surface area contributed by atoms with Crippen LogP contribution in [-0.4, -0.2) is 115 Å². The summed E-state index contributed by atoms with van der Waals surface area (Å²) in [5, 5.41) is 40.3. The summed E-state index contributed by atoms with van der Waals surface area (Å²) in [6, 6.07) is 18.8. The highest BCUT2D eigenvalue weighted by Gasteiger charge is 2.55. The smallest absolute Gasteiger partial charge is 0.261 e. The van der Waals surface area contributed by atoms with E-state index in [4.69, 9.17) is 32.5 Å². The topological polar surface area (TPSA) is 174 Å². The first-order valence-electron chi connectivity index (χ1n) is 16.8. The number of hydrogen-bond acceptors (Lipinski definition) is 11. The van der Waals surface area contributed by atoms with Gasteiger partial charge in [0.2, 0.25) is 0 Å². The van der Waals surface area contributed by atoms with Gasteiger partial charge < -0.3 is 47.9 Å². The molecule has 1 aliphatic rings. The minimum absolute atomic E-state index is 0.206. The van der Waals surface area contributed by atoms with Crippen molar-refractivity contribution in [2.75, 3.05) is 34.4 Å². The van der Waals surface area contributed by atoms with Gasteiger partial charge >= 0.3 is 0 Å². The third-order valence-corrected chi connectivity index (χ3v) is 19.1. The lowest BCUT2D eigenvalue weighted by Gasteiger charge is -2.49. The summed E-state index contributed by atoms with van der Waals surface area (Å²) < 4.78 is 42.1. The summed E-state index contributed by atoms with van der Waals surface area (Å²) in [5.74, 6) is 0. The van der Waals surface area contributed by atoms with Crippen molar-refractivity contribution in [2.45, 2.75) is 114 Å². The summed E-state index contributed by atoms with van der Waals surface area (Å²) in [5.41, 5.74) is 9.56. The summed E-state index contributed by atoms with van der Waals surface area (Å²) in [4.78, 5) is 3.03. The van der Waals surface area contributed by atoms with Crippen LogP contribution in [0, 0.1) is 0 Å². The van der Waals surface area contributed by atoms with Gasteiger partial charge in [-0.15, -0.1) is 0 Å². The third-order valence-electron chi connectivity index (χ3n) is 9.68. The molecule has 0 aromatic heterocycles. The Kier molecular flexibility index (Phi) is 15.2. The Hall–Kier alpha value is -2.22. The molecule has 0 saturated carbocycles. The van der Waals surface area contributed by atoms with Crippen LogP contribution in [-0.2, 0) is 32.5 Å². The molecule has 0 amide bonds. The zero-order valence-corrected chi connectivity index (χ0v) is 33.1. The van der Waals surface area contributed by atoms with E-state index in [1.54, 1.807) is 0 Å². The van der Waals surface area contributed by atoms with Crippen molar-refractivity contribution in [1.29, 1.82) is 0 Å². The fourth-order valence-electron chi connectivity index (χ4n) is 6.04. The number of nitrogens with zero attached hydrogens (tertiary/aromatic N) is 3. The number of hydrogen-bond donors (Lipinski definition) is 3. The minimum Gasteiger partial charge on any atom is -0.405 e. The Morgan fingerprint density at radius 1 is 0.820 bits per heavy atom. The van der Waals surface area contributed by atoms with Gasteiger partial charge in [0.1, 0.15) is 56.3 Å². The van der Waals surface area contributed by atoms with Crippen LogP contribution in [0.5, 0.6) is 0 Å². The van der Waals surface area contributed by atoms with Crippen LogP contribution >= 0.6 is 0 Å². The van der Waals surface area contributed by atoms with E-state index < -0.39 is 65.6 Å². The number of methoxy groups -OCH3 is 2. The first-order chi connectivity index (χ1) is 23.5. The van der Waals surface area contributed by atoms with Gasteiger partial charge in [-0.1, -0.05) is 107 Å². The zero-order valence-electron chi connectivity index (χ0n) is 31.1. The van der Waals surface area contributed by atoms with Crippen LogP contribution in [0.1, 0.15) is 41.5 Å². The molecule has 0 bridgehead atoms. The normalized spacial score (nSPS) is 23.9. The highest BCUT2D eigenvalue weighted by atomic mass is 28.4. The number of aliphatic hydroxyl groups excluding tert-OH is 3. The van der Waals surface area contributed by atoms with Crippen molar-refractivity contribution in [3.05, 3.63) is 71.1 Å². The highest BCUT2D eigenvalue weighted by Crippen LogP contribution is 2.41. The maximum atomic E-state index is 11.8. The highest BCUT2D eigenvalue weighted by molar-refractivity contribution is 6.99. The van der Waals surface area contributed by atoms with Crippen molar-refractivity contribution >= 4 is 27.0 Å². The third kappa shape index (κ3) is 9.60. The zero-order chi connectivity index (χ0) is 37.3. The van der Waals surface area contributed by atoms with E-state index in [2.05, 4.69) is 30.8 Å². The van der Waals surface area contributed by atoms with E-state index in [1.165, 1.54) is 14.2 Å². The van der Waals surface area contributed by atoms with Crippen molar-refractivity contribution in [1.82, 2.24) is 0 Å². The maximum absolute atomic E-state index is 11.8. The lowest BCUT2D eigenvalue weighted by molar-refractivity contribution is -0.300. The van der Waals surface area contributed by atoms with Gasteiger partial charge in [-0.2, -0.15) is 0 Å². The molecule has 0 unspecified atom stereocenters. The first kappa shape index (κ1) is 42.2. The molecule has 1 saturated heterocycles. The molecule has 8 atom stereocenters. The Balaban J connectivity index is 2.01. The predicted octanol–water partition coefficient (Wildman–Crippen LogP) is 4.05. The fourth-order valence-corrected chi connectivity index (χ4v) is 11.7. The van der Waals surface area contributed by atoms with E-state index in [0.717, 1.165) is 10.4 Å². The second-order valence-corrected chi connectivity index (χ2v) is 24.2. The molecule has 280 valence electrons. The second-order valence-electron chi connectivity index (χ2n) is 15.1. The molecule has 1 heterocycles. The quantitative estimate of drug-likeness (QED) is 0.0707. The van der Waals surface area contributed by atoms with E-state index in [1.807, 2.05) is 94.5 Å². The van der Waals surface area contributed by atoms with Gasteiger partial charge in [0.15, 0.2) is 14.6 Å². The minimum atomic E-state index is -3.08. The second kappa shape index (κ2) is 18.0. The van der Waals surface area contributed by atoms with Crippen LogP contribution in [0.15, 0.2) is 65.8 Å². The SMILES string of the molecule is COCO[C@H]1[C@H]([C@@H](O)[C@@H](O)[C@@H](O)CO[Si](c2ccccc2)(c2ccccc2)C(C)(C)C)O[C@@H](O[Si](C)(C)C(C)(C)C)[C@H](N=[N+]=[N-])[C@@H]1OCOC. The van der Waals surface area contributed by atoms with E-state index in [9.17, 15) is 20.9 Å². The summed E-state index contributed by atoms with van der Waals surface area (Å²) in [7, 11) is -2.79. The van der Waals surface area contributed by atoms with Gasteiger partial charge in [-0.3, -0.25) is 0 Å². The molecule has 0 spiro atoms. The van der Waals surface area contributed by atoms with Gasteiger partial charge in [0, 0.05) is 19.1 Å². The molecular weight excluding hydrogens is 679 g/mol. The molecule has 1 aliphatic heterocycles. The Morgan fingerprint density at radius 2 is 1.32 bits per heavy atom. The number of azide groups is 1. The molecule has 0 radical (unpaired) electrons. The number of benzene rings is 2. The van der Waals surface area contributed by atoms with Crippen molar-refractivity contribution < 1.29 is 47.9 Å². The van der Waals surface area contributed by atoms with Gasteiger partial charge in [0.05, 0.1) is 6.61 Å². The van der Waals surface area contributed by atoms with Crippen LogP contribution in [0.25, 0.3) is 10.4 Å². The molecule has 1 fully saturated rings. The van der Waals surface area contributed by atoms with Crippen LogP contribution < -0.4 is 10.4 Å². The number of aliphatic hydroxyl groups is 3. The van der Waals surface area contributed by atoms with Crippen molar-refractivity contribution in [3.63, 3.8) is 0 Å². The Morgan fingerprint density at radius 3 is 1.76 bits per heavy atom. The number of ether oxygens (including phenoxy) is 5. The molecule has 15 heteroatoms. The molecule has 3 rings (SSSR count). The lowest BCUT2D eigenvalue weighted by Crippen LogP contribution is -2.68. The van der Waals surface area contributed by atoms with Gasteiger partial charge in [-0.25, -0.2) is 0 Å². The summed E-state index contributed by atoms with van der Waals surface area (Å²) >= 11 is 0. The average Bonchev–Trinajstić information content (AvgIpc) is 3.06. The van der Waals surface area contributed by atoms with E-state index in [-0.39, 0.29) is 30.3 Å². The summed E-state index contributed by atoms with van der Waals surface area (Å²) in [6.45, 7) is 15.7. The van der Waals surface area contributed by atoms with Crippen LogP contribution in [0.3, 0.4) is 0 Å². The molecular formula is C35H57N3O10Si2. The Bertz CT molecular complexity index is 1320. The van der Waals surface area contributed by atoms with Gasteiger partial charge in [-0.05, 0) is 39.1 Å². The van der Waals surface area contributed by atoms with E-state index >= 15 is 0 Å². The monoisotopic (exact) mass is 735 g/mol. The first-order valence-corrected chi connectivity index (χ1v) is 21.7. The van der Waals surface area contributed by atoms with E-state index in [0.29, 0.717) is 0 Å². The van der Waals surface area contributed by atoms with Crippen LogP contribution in [0.2, 0.25) is 23.2 Å². The average molecular weight is 736 g/mol. The predicted molar refractivity (Wildman–Crippen MR) is 195 cm³/mol. The number of rotatable bonds is 17. The van der Waals surface area contributed by atoms with Crippen LogP contribution in [0.4, 0.5) is 0 Å². The standard InChI is InChI=1S/C35H57N3O10Si2/c1-34(2,3)49(9,10)48-33-27(37-38-36)30(44-22-42-7)32(45-23-43-8)31(47-33)29(41)28(40)26(39)21-46-50(35(4,5)6,24-17-13-11-14-18-24)25-19-15-12-16-20-25/h11-20,26-33,39-41H,21-23H2,1-10H3/t26-,27+,28-,29-,30-,31-,32+,33-/m0/s1. The molecule has 3 N–H and O–H groups in total. The largest absolute Gasteiger partial charge is 0.405 e. The maximum Gasteiger partial charge on any atom is 0.261 e. The molecule has 13 nitrogen and oxygen atoms in total. The summed E-state index contributed by atoms with van der Waals surface area (Å²) in [6.07, 6.45) is -9.76. The lowest BCUT2D eigenvalue weighted by atomic mass is 9.90.